The molecule has 2 aliphatic carbocycles. The molecular formula is C29H32O5S. The lowest BCUT2D eigenvalue weighted by Gasteiger charge is -2.22. The third-order valence-electron chi connectivity index (χ3n) is 7.35. The molecular weight excluding hydrogens is 460 g/mol. The van der Waals surface area contributed by atoms with Crippen molar-refractivity contribution in [3.63, 3.8) is 0 Å². The fourth-order valence-corrected chi connectivity index (χ4v) is 6.66. The Hall–Kier alpha value is -2.86. The summed E-state index contributed by atoms with van der Waals surface area (Å²) in [6.45, 7) is 1.92. The number of sulfone groups is 1. The molecule has 0 amide bonds. The largest absolute Gasteiger partial charge is 0.507 e. The Morgan fingerprint density at radius 3 is 2.43 bits per heavy atom. The van der Waals surface area contributed by atoms with Crippen LogP contribution in [0.2, 0.25) is 0 Å². The Bertz CT molecular complexity index is 1380. The number of benzene rings is 2. The summed E-state index contributed by atoms with van der Waals surface area (Å²) in [7, 11) is -3.51. The number of aromatic hydroxyl groups is 1. The van der Waals surface area contributed by atoms with Crippen LogP contribution < -0.4 is 5.63 Å². The third kappa shape index (κ3) is 5.08. The van der Waals surface area contributed by atoms with Crippen LogP contribution in [0, 0.1) is 12.8 Å². The van der Waals surface area contributed by atoms with E-state index in [9.17, 15) is 18.3 Å². The third-order valence-corrected chi connectivity index (χ3v) is 9.05. The predicted molar refractivity (Wildman–Crippen MR) is 136 cm³/mol. The van der Waals surface area contributed by atoms with Crippen LogP contribution in [-0.4, -0.2) is 13.5 Å². The van der Waals surface area contributed by atoms with Gasteiger partial charge >= 0.3 is 5.63 Å². The zero-order chi connectivity index (χ0) is 24.6. The van der Waals surface area contributed by atoms with E-state index in [1.54, 1.807) is 24.3 Å². The molecule has 2 aromatic carbocycles. The van der Waals surface area contributed by atoms with Crippen molar-refractivity contribution < 1.29 is 17.9 Å². The summed E-state index contributed by atoms with van der Waals surface area (Å²) >= 11 is 0. The molecule has 0 aliphatic heterocycles. The number of fused-ring (bicyclic) bond motifs is 1. The molecule has 1 fully saturated rings. The van der Waals surface area contributed by atoms with Crippen LogP contribution in [0.15, 0.2) is 62.6 Å². The quantitative estimate of drug-likeness (QED) is 0.468. The highest BCUT2D eigenvalue weighted by molar-refractivity contribution is 7.90. The van der Waals surface area contributed by atoms with Crippen molar-refractivity contribution in [3.05, 3.63) is 92.5 Å². The van der Waals surface area contributed by atoms with Crippen molar-refractivity contribution in [1.29, 1.82) is 0 Å². The molecule has 3 aromatic rings. The van der Waals surface area contributed by atoms with Gasteiger partial charge in [-0.25, -0.2) is 13.2 Å². The average Bonchev–Trinajstić information content (AvgIpc) is 3.63. The summed E-state index contributed by atoms with van der Waals surface area (Å²) < 4.78 is 31.9. The molecule has 1 aromatic heterocycles. The molecule has 1 unspecified atom stereocenters. The summed E-state index contributed by atoms with van der Waals surface area (Å²) in [6, 6.07) is 14.3. The number of hydrogen-bond acceptors (Lipinski definition) is 5. The second kappa shape index (κ2) is 9.65. The molecule has 6 heteroatoms. The van der Waals surface area contributed by atoms with Crippen molar-refractivity contribution in [2.45, 2.75) is 74.9 Å². The van der Waals surface area contributed by atoms with Crippen LogP contribution in [0.5, 0.6) is 5.75 Å². The molecule has 184 valence electrons. The molecule has 5 nitrogen and oxygen atoms in total. The van der Waals surface area contributed by atoms with E-state index in [1.165, 1.54) is 0 Å². The summed E-state index contributed by atoms with van der Waals surface area (Å²) in [5.41, 5.74) is 3.19. The SMILES string of the molecule is Cc1ccc(S(=O)(=O)Cc2cccc(C(c3c(O)c4c(oc3=O)CCCCCC4)C3CC3)c2)cc1. The van der Waals surface area contributed by atoms with Crippen molar-refractivity contribution in [3.8, 4) is 5.75 Å². The van der Waals surface area contributed by atoms with Crippen LogP contribution >= 0.6 is 0 Å². The molecule has 5 rings (SSSR count). The molecule has 0 bridgehead atoms. The lowest BCUT2D eigenvalue weighted by molar-refractivity contribution is 0.382. The maximum atomic E-state index is 13.2. The fourth-order valence-electron chi connectivity index (χ4n) is 5.32. The van der Waals surface area contributed by atoms with E-state index in [2.05, 4.69) is 0 Å². The number of hydrogen-bond donors (Lipinski definition) is 1. The Morgan fingerprint density at radius 1 is 1.00 bits per heavy atom. The van der Waals surface area contributed by atoms with Crippen LogP contribution in [0.3, 0.4) is 0 Å². The maximum Gasteiger partial charge on any atom is 0.343 e. The van der Waals surface area contributed by atoms with E-state index < -0.39 is 15.5 Å². The van der Waals surface area contributed by atoms with Crippen molar-refractivity contribution in [2.24, 2.45) is 5.92 Å². The Labute approximate surface area is 206 Å². The van der Waals surface area contributed by atoms with E-state index in [0.717, 1.165) is 55.2 Å². The number of aryl methyl sites for hydroxylation is 2. The van der Waals surface area contributed by atoms with Gasteiger partial charge in [-0.2, -0.15) is 0 Å². The molecule has 1 heterocycles. The summed E-state index contributed by atoms with van der Waals surface area (Å²) in [4.78, 5) is 13.5. The fraction of sp³-hybridized carbons (Fsp3) is 0.414. The summed E-state index contributed by atoms with van der Waals surface area (Å²) in [6.07, 6.45) is 7.46. The molecule has 1 saturated carbocycles. The molecule has 1 N–H and O–H groups in total. The van der Waals surface area contributed by atoms with Crippen LogP contribution in [0.25, 0.3) is 0 Å². The van der Waals surface area contributed by atoms with Gasteiger partial charge in [-0.1, -0.05) is 54.8 Å². The second-order valence-corrected chi connectivity index (χ2v) is 12.1. The average molecular weight is 493 g/mol. The maximum absolute atomic E-state index is 13.2. The van der Waals surface area contributed by atoms with Crippen molar-refractivity contribution in [2.75, 3.05) is 0 Å². The predicted octanol–water partition coefficient (Wildman–Crippen LogP) is 5.83. The highest BCUT2D eigenvalue weighted by atomic mass is 32.2. The lowest BCUT2D eigenvalue weighted by atomic mass is 9.85. The number of rotatable bonds is 6. The molecule has 2 aliphatic rings. The monoisotopic (exact) mass is 492 g/mol. The van der Waals surface area contributed by atoms with Gasteiger partial charge < -0.3 is 9.52 Å². The van der Waals surface area contributed by atoms with E-state index >= 15 is 0 Å². The zero-order valence-corrected chi connectivity index (χ0v) is 20.9. The van der Waals surface area contributed by atoms with Gasteiger partial charge in [0.15, 0.2) is 9.84 Å². The second-order valence-electron chi connectivity index (χ2n) is 10.1. The van der Waals surface area contributed by atoms with Crippen LogP contribution in [-0.2, 0) is 28.4 Å². The molecule has 35 heavy (non-hydrogen) atoms. The zero-order valence-electron chi connectivity index (χ0n) is 20.1. The highest BCUT2D eigenvalue weighted by Gasteiger charge is 2.38. The van der Waals surface area contributed by atoms with Gasteiger partial charge in [0.1, 0.15) is 11.5 Å². The van der Waals surface area contributed by atoms with Gasteiger partial charge in [0.05, 0.1) is 16.2 Å². The van der Waals surface area contributed by atoms with Gasteiger partial charge in [0.2, 0.25) is 0 Å². The smallest absolute Gasteiger partial charge is 0.343 e. The highest BCUT2D eigenvalue weighted by Crippen LogP contribution is 2.48. The summed E-state index contributed by atoms with van der Waals surface area (Å²) in [5, 5.41) is 11.3. The molecule has 0 saturated heterocycles. The standard InChI is InChI=1S/C29H32O5S/c1-19-11-15-23(16-12-19)35(32,33)18-20-7-6-8-22(17-20)26(21-13-14-21)27-28(30)24-9-4-2-3-5-10-25(24)34-29(27)31/h6-8,11-12,15-17,21,26,30H,2-5,9-10,13-14,18H2,1H3. The van der Waals surface area contributed by atoms with Crippen LogP contribution in [0.1, 0.15) is 78.0 Å². The van der Waals surface area contributed by atoms with Gasteiger partial charge in [0.25, 0.3) is 0 Å². The molecule has 1 atom stereocenters. The summed E-state index contributed by atoms with van der Waals surface area (Å²) in [5.74, 6) is 0.533. The minimum atomic E-state index is -3.51. The Kier molecular flexibility index (Phi) is 6.58. The molecule has 0 spiro atoms. The van der Waals surface area contributed by atoms with E-state index in [-0.39, 0.29) is 23.3 Å². The Morgan fingerprint density at radius 2 is 1.71 bits per heavy atom. The van der Waals surface area contributed by atoms with E-state index in [4.69, 9.17) is 4.42 Å². The first-order valence-electron chi connectivity index (χ1n) is 12.6. The Balaban J connectivity index is 1.52. The van der Waals surface area contributed by atoms with Crippen LogP contribution in [0.4, 0.5) is 0 Å². The minimum absolute atomic E-state index is 0.0905. The topological polar surface area (TPSA) is 84.6 Å². The first-order valence-corrected chi connectivity index (χ1v) is 14.2. The van der Waals surface area contributed by atoms with Gasteiger partial charge in [0, 0.05) is 17.9 Å². The van der Waals surface area contributed by atoms with E-state index in [0.29, 0.717) is 34.6 Å². The minimum Gasteiger partial charge on any atom is -0.507 e. The lowest BCUT2D eigenvalue weighted by Crippen LogP contribution is -2.19. The van der Waals surface area contributed by atoms with Crippen molar-refractivity contribution >= 4 is 9.84 Å². The van der Waals surface area contributed by atoms with Gasteiger partial charge in [-0.3, -0.25) is 0 Å². The molecule has 0 radical (unpaired) electrons. The first-order chi connectivity index (χ1) is 16.8. The first kappa shape index (κ1) is 23.9. The van der Waals surface area contributed by atoms with Gasteiger partial charge in [-0.15, -0.1) is 0 Å². The van der Waals surface area contributed by atoms with Gasteiger partial charge in [-0.05, 0) is 68.2 Å². The van der Waals surface area contributed by atoms with E-state index in [1.807, 2.05) is 31.2 Å². The van der Waals surface area contributed by atoms with Crippen molar-refractivity contribution in [1.82, 2.24) is 0 Å². The normalized spacial score (nSPS) is 17.3.